The standard InChI is InChI=1S/C46H29NS2/c1-2-8-30(9-3-1)31-14-20-35(21-15-31)47(37-24-27-45-42(29-37)40-11-5-6-12-43(40)48-45)36-22-16-32(17-23-36)33-18-25-38-34(28-33)19-26-41-39-10-4-7-13-44(39)49-46(38)41/h1-29H. The van der Waals surface area contributed by atoms with Gasteiger partial charge in [-0.2, -0.15) is 0 Å². The van der Waals surface area contributed by atoms with Gasteiger partial charge in [0, 0.05) is 57.4 Å². The van der Waals surface area contributed by atoms with Gasteiger partial charge in [0.05, 0.1) is 0 Å². The number of hydrogen-bond acceptors (Lipinski definition) is 3. The summed E-state index contributed by atoms with van der Waals surface area (Å²) in [5.74, 6) is 0. The lowest BCUT2D eigenvalue weighted by Crippen LogP contribution is -2.09. The summed E-state index contributed by atoms with van der Waals surface area (Å²) >= 11 is 3.75. The molecule has 0 radical (unpaired) electrons. The summed E-state index contributed by atoms with van der Waals surface area (Å²) in [6.45, 7) is 0. The summed E-state index contributed by atoms with van der Waals surface area (Å²) in [5.41, 5.74) is 8.27. The fraction of sp³-hybridized carbons (Fsp3) is 0. The Morgan fingerprint density at radius 3 is 1.57 bits per heavy atom. The molecule has 0 spiro atoms. The van der Waals surface area contributed by atoms with E-state index in [4.69, 9.17) is 0 Å². The van der Waals surface area contributed by atoms with Gasteiger partial charge in [-0.15, -0.1) is 22.7 Å². The Hall–Kier alpha value is -5.74. The lowest BCUT2D eigenvalue weighted by Gasteiger charge is -2.26. The molecule has 0 fully saturated rings. The van der Waals surface area contributed by atoms with Crippen LogP contribution in [0.25, 0.3) is 73.4 Å². The van der Waals surface area contributed by atoms with Gasteiger partial charge in [0.25, 0.3) is 0 Å². The van der Waals surface area contributed by atoms with Gasteiger partial charge in [0.15, 0.2) is 0 Å². The van der Waals surface area contributed by atoms with Crippen molar-refractivity contribution in [3.63, 3.8) is 0 Å². The first-order valence-electron chi connectivity index (χ1n) is 16.6. The lowest BCUT2D eigenvalue weighted by molar-refractivity contribution is 1.29. The van der Waals surface area contributed by atoms with Crippen LogP contribution in [-0.4, -0.2) is 0 Å². The van der Waals surface area contributed by atoms with Gasteiger partial charge in [0.1, 0.15) is 0 Å². The molecule has 49 heavy (non-hydrogen) atoms. The minimum Gasteiger partial charge on any atom is -0.310 e. The van der Waals surface area contributed by atoms with Crippen LogP contribution in [0.4, 0.5) is 17.1 Å². The van der Waals surface area contributed by atoms with Crippen LogP contribution in [0.3, 0.4) is 0 Å². The van der Waals surface area contributed by atoms with Crippen LogP contribution < -0.4 is 4.90 Å². The van der Waals surface area contributed by atoms with Gasteiger partial charge in [-0.05, 0) is 93.7 Å². The molecule has 10 aromatic rings. The van der Waals surface area contributed by atoms with Crippen LogP contribution in [0.1, 0.15) is 0 Å². The molecule has 3 heteroatoms. The first kappa shape index (κ1) is 28.3. The Morgan fingerprint density at radius 2 is 0.837 bits per heavy atom. The molecule has 0 atom stereocenters. The predicted octanol–water partition coefficient (Wildman–Crippen LogP) is 14.4. The first-order valence-corrected chi connectivity index (χ1v) is 18.2. The van der Waals surface area contributed by atoms with Gasteiger partial charge >= 0.3 is 0 Å². The highest BCUT2D eigenvalue weighted by Crippen LogP contribution is 2.42. The van der Waals surface area contributed by atoms with Crippen molar-refractivity contribution in [1.82, 2.24) is 0 Å². The second-order valence-electron chi connectivity index (χ2n) is 12.6. The minimum absolute atomic E-state index is 1.13. The Balaban J connectivity index is 1.06. The lowest BCUT2D eigenvalue weighted by atomic mass is 9.99. The van der Waals surface area contributed by atoms with Crippen LogP contribution in [0.5, 0.6) is 0 Å². The summed E-state index contributed by atoms with van der Waals surface area (Å²) in [4.78, 5) is 2.38. The Morgan fingerprint density at radius 1 is 0.306 bits per heavy atom. The van der Waals surface area contributed by atoms with Crippen LogP contribution in [0.2, 0.25) is 0 Å². The SMILES string of the molecule is c1ccc(-c2ccc(N(c3ccc(-c4ccc5c(ccc6c7ccccc7sc56)c4)cc3)c3ccc4sc5ccccc5c4c3)cc2)cc1. The third-order valence-electron chi connectivity index (χ3n) is 9.67. The van der Waals surface area contributed by atoms with Crippen molar-refractivity contribution in [1.29, 1.82) is 0 Å². The maximum atomic E-state index is 2.38. The Labute approximate surface area is 292 Å². The zero-order valence-electron chi connectivity index (χ0n) is 26.5. The molecule has 0 aliphatic rings. The Bertz CT molecular complexity index is 2810. The van der Waals surface area contributed by atoms with E-state index in [0.29, 0.717) is 0 Å². The van der Waals surface area contributed by atoms with E-state index in [-0.39, 0.29) is 0 Å². The summed E-state index contributed by atoms with van der Waals surface area (Å²) < 4.78 is 5.34. The molecule has 0 aliphatic heterocycles. The average molecular weight is 660 g/mol. The summed E-state index contributed by atoms with van der Waals surface area (Å²) in [7, 11) is 0. The number of nitrogens with zero attached hydrogens (tertiary/aromatic N) is 1. The van der Waals surface area contributed by atoms with E-state index in [0.717, 1.165) is 17.1 Å². The molecule has 2 heterocycles. The molecule has 2 aromatic heterocycles. The molecule has 8 aromatic carbocycles. The number of rotatable bonds is 5. The fourth-order valence-corrected chi connectivity index (χ4v) is 9.55. The number of fused-ring (bicyclic) bond motifs is 8. The third-order valence-corrected chi connectivity index (χ3v) is 12.0. The van der Waals surface area contributed by atoms with Gasteiger partial charge in [-0.3, -0.25) is 0 Å². The molecule has 0 saturated heterocycles. The maximum absolute atomic E-state index is 2.38. The van der Waals surface area contributed by atoms with E-state index < -0.39 is 0 Å². The predicted molar refractivity (Wildman–Crippen MR) is 215 cm³/mol. The average Bonchev–Trinajstić information content (AvgIpc) is 3.74. The summed E-state index contributed by atoms with van der Waals surface area (Å²) in [6, 6.07) is 64.4. The van der Waals surface area contributed by atoms with Crippen molar-refractivity contribution in [3.8, 4) is 22.3 Å². The largest absolute Gasteiger partial charge is 0.310 e. The number of thiophene rings is 2. The number of anilines is 3. The molecular formula is C46H29NS2. The van der Waals surface area contributed by atoms with Gasteiger partial charge in [-0.1, -0.05) is 115 Å². The van der Waals surface area contributed by atoms with Crippen LogP contribution >= 0.6 is 22.7 Å². The molecule has 0 amide bonds. The third kappa shape index (κ3) is 4.82. The molecule has 0 unspecified atom stereocenters. The molecule has 0 saturated carbocycles. The monoisotopic (exact) mass is 659 g/mol. The van der Waals surface area contributed by atoms with Gasteiger partial charge in [0.2, 0.25) is 0 Å². The molecule has 0 bridgehead atoms. The molecule has 0 aliphatic carbocycles. The van der Waals surface area contributed by atoms with Crippen LogP contribution in [0.15, 0.2) is 176 Å². The highest BCUT2D eigenvalue weighted by atomic mass is 32.1. The number of benzene rings is 8. The molecule has 230 valence electrons. The highest BCUT2D eigenvalue weighted by Gasteiger charge is 2.16. The fourth-order valence-electron chi connectivity index (χ4n) is 7.23. The van der Waals surface area contributed by atoms with E-state index in [1.165, 1.54) is 73.4 Å². The van der Waals surface area contributed by atoms with Crippen molar-refractivity contribution in [2.45, 2.75) is 0 Å². The topological polar surface area (TPSA) is 3.24 Å². The molecule has 0 N–H and O–H groups in total. The van der Waals surface area contributed by atoms with E-state index in [9.17, 15) is 0 Å². The van der Waals surface area contributed by atoms with Gasteiger partial charge < -0.3 is 4.90 Å². The molecule has 10 rings (SSSR count). The van der Waals surface area contributed by atoms with Crippen molar-refractivity contribution in [2.24, 2.45) is 0 Å². The smallest absolute Gasteiger partial charge is 0.0468 e. The summed E-state index contributed by atoms with van der Waals surface area (Å²) in [5, 5.41) is 7.89. The molecular weight excluding hydrogens is 631 g/mol. The van der Waals surface area contributed by atoms with E-state index >= 15 is 0 Å². The van der Waals surface area contributed by atoms with Gasteiger partial charge in [-0.25, -0.2) is 0 Å². The van der Waals surface area contributed by atoms with Crippen molar-refractivity contribution >= 4 is 90.9 Å². The summed E-state index contributed by atoms with van der Waals surface area (Å²) in [6.07, 6.45) is 0. The van der Waals surface area contributed by atoms with Crippen LogP contribution in [0, 0.1) is 0 Å². The van der Waals surface area contributed by atoms with E-state index in [2.05, 4.69) is 181 Å². The van der Waals surface area contributed by atoms with E-state index in [1.54, 1.807) is 0 Å². The van der Waals surface area contributed by atoms with E-state index in [1.807, 2.05) is 22.7 Å². The normalized spacial score (nSPS) is 11.7. The maximum Gasteiger partial charge on any atom is 0.0468 e. The minimum atomic E-state index is 1.13. The van der Waals surface area contributed by atoms with Crippen molar-refractivity contribution in [3.05, 3.63) is 176 Å². The van der Waals surface area contributed by atoms with Crippen LogP contribution in [-0.2, 0) is 0 Å². The first-order chi connectivity index (χ1) is 24.3. The Kier molecular flexibility index (Phi) is 6.61. The zero-order valence-corrected chi connectivity index (χ0v) is 28.1. The highest BCUT2D eigenvalue weighted by molar-refractivity contribution is 7.26. The second kappa shape index (κ2) is 11.5. The van der Waals surface area contributed by atoms with Crippen molar-refractivity contribution < 1.29 is 0 Å². The second-order valence-corrected chi connectivity index (χ2v) is 14.7. The number of hydrogen-bond donors (Lipinski definition) is 0. The quantitative estimate of drug-likeness (QED) is 0.178. The van der Waals surface area contributed by atoms with Crippen molar-refractivity contribution in [2.75, 3.05) is 4.90 Å². The molecule has 1 nitrogen and oxygen atoms in total. The zero-order chi connectivity index (χ0) is 32.3.